The lowest BCUT2D eigenvalue weighted by Gasteiger charge is -2.12. The van der Waals surface area contributed by atoms with Gasteiger partial charge < -0.3 is 15.2 Å². The minimum absolute atomic E-state index is 0.488. The molecule has 0 aliphatic heterocycles. The van der Waals surface area contributed by atoms with E-state index >= 15 is 0 Å². The molecule has 0 radical (unpaired) electrons. The molecule has 0 atom stereocenters. The molecular formula is C15H16BrNO2. The number of benzene rings is 2. The molecule has 0 unspecified atom stereocenters. The van der Waals surface area contributed by atoms with E-state index in [4.69, 9.17) is 15.2 Å². The van der Waals surface area contributed by atoms with E-state index in [2.05, 4.69) is 15.9 Å². The van der Waals surface area contributed by atoms with Gasteiger partial charge in [-0.1, -0.05) is 12.1 Å². The first kappa shape index (κ1) is 13.7. The van der Waals surface area contributed by atoms with Crippen LogP contribution in [-0.4, -0.2) is 7.11 Å². The molecule has 4 heteroatoms. The zero-order valence-corrected chi connectivity index (χ0v) is 12.5. The Balaban J connectivity index is 2.12. The predicted octanol–water partition coefficient (Wildman–Crippen LogP) is 3.93. The molecule has 2 aromatic carbocycles. The van der Waals surface area contributed by atoms with Crippen LogP contribution in [0, 0.1) is 6.92 Å². The lowest BCUT2D eigenvalue weighted by atomic mass is 10.1. The van der Waals surface area contributed by atoms with Crippen molar-refractivity contribution in [3.05, 3.63) is 52.0 Å². The minimum Gasteiger partial charge on any atom is -0.497 e. The molecule has 2 aromatic rings. The molecule has 3 nitrogen and oxygen atoms in total. The quantitative estimate of drug-likeness (QED) is 0.868. The molecule has 0 aliphatic rings. The van der Waals surface area contributed by atoms with Gasteiger partial charge in [0.15, 0.2) is 0 Å². The van der Waals surface area contributed by atoms with Gasteiger partial charge in [-0.2, -0.15) is 0 Å². The van der Waals surface area contributed by atoms with Crippen molar-refractivity contribution in [3.63, 3.8) is 0 Å². The summed E-state index contributed by atoms with van der Waals surface area (Å²) in [5.41, 5.74) is 8.81. The van der Waals surface area contributed by atoms with Crippen LogP contribution in [0.4, 0.5) is 5.69 Å². The number of rotatable bonds is 4. The van der Waals surface area contributed by atoms with Gasteiger partial charge in [0.2, 0.25) is 0 Å². The number of ether oxygens (including phenoxy) is 2. The molecule has 0 fully saturated rings. The van der Waals surface area contributed by atoms with E-state index < -0.39 is 0 Å². The van der Waals surface area contributed by atoms with Gasteiger partial charge in [0.05, 0.1) is 11.6 Å². The molecule has 0 saturated carbocycles. The number of hydrogen-bond donors (Lipinski definition) is 1. The van der Waals surface area contributed by atoms with Crippen molar-refractivity contribution < 1.29 is 9.47 Å². The van der Waals surface area contributed by atoms with E-state index in [0.29, 0.717) is 6.61 Å². The van der Waals surface area contributed by atoms with E-state index in [1.54, 1.807) is 7.11 Å². The van der Waals surface area contributed by atoms with Crippen molar-refractivity contribution in [1.82, 2.24) is 0 Å². The van der Waals surface area contributed by atoms with Gasteiger partial charge >= 0.3 is 0 Å². The maximum Gasteiger partial charge on any atom is 0.134 e. The number of halogens is 1. The molecule has 100 valence electrons. The third kappa shape index (κ3) is 3.20. The highest BCUT2D eigenvalue weighted by Gasteiger charge is 2.06. The molecular weight excluding hydrogens is 306 g/mol. The Kier molecular flexibility index (Phi) is 4.32. The Morgan fingerprint density at radius 3 is 2.68 bits per heavy atom. The number of hydrogen-bond acceptors (Lipinski definition) is 3. The van der Waals surface area contributed by atoms with Crippen LogP contribution in [0.5, 0.6) is 11.5 Å². The Bertz CT molecular complexity index is 584. The van der Waals surface area contributed by atoms with E-state index in [0.717, 1.165) is 32.8 Å². The van der Waals surface area contributed by atoms with Crippen LogP contribution in [-0.2, 0) is 6.61 Å². The van der Waals surface area contributed by atoms with Crippen LogP contribution in [0.1, 0.15) is 11.1 Å². The Morgan fingerprint density at radius 2 is 2.00 bits per heavy atom. The van der Waals surface area contributed by atoms with Crippen LogP contribution in [0.3, 0.4) is 0 Å². The van der Waals surface area contributed by atoms with Gasteiger partial charge in [0.25, 0.3) is 0 Å². The largest absolute Gasteiger partial charge is 0.497 e. The van der Waals surface area contributed by atoms with Crippen molar-refractivity contribution in [1.29, 1.82) is 0 Å². The topological polar surface area (TPSA) is 44.5 Å². The average molecular weight is 322 g/mol. The molecule has 0 aromatic heterocycles. The van der Waals surface area contributed by atoms with Gasteiger partial charge in [0.1, 0.15) is 18.1 Å². The molecule has 2 rings (SSSR count). The summed E-state index contributed by atoms with van der Waals surface area (Å²) in [6.07, 6.45) is 0. The summed E-state index contributed by atoms with van der Waals surface area (Å²) < 4.78 is 11.8. The molecule has 0 amide bonds. The van der Waals surface area contributed by atoms with Crippen LogP contribution >= 0.6 is 15.9 Å². The van der Waals surface area contributed by atoms with E-state index in [-0.39, 0.29) is 0 Å². The summed E-state index contributed by atoms with van der Waals surface area (Å²) in [4.78, 5) is 0. The van der Waals surface area contributed by atoms with Gasteiger partial charge in [-0.05, 0) is 58.2 Å². The second kappa shape index (κ2) is 5.97. The fraction of sp³-hybridized carbons (Fsp3) is 0.200. The molecule has 0 spiro atoms. The fourth-order valence-electron chi connectivity index (χ4n) is 1.74. The maximum absolute atomic E-state index is 5.88. The summed E-state index contributed by atoms with van der Waals surface area (Å²) >= 11 is 3.46. The molecule has 0 bridgehead atoms. The van der Waals surface area contributed by atoms with Crippen molar-refractivity contribution in [3.8, 4) is 11.5 Å². The summed E-state index contributed by atoms with van der Waals surface area (Å²) in [5, 5.41) is 0. The highest BCUT2D eigenvalue weighted by molar-refractivity contribution is 9.10. The van der Waals surface area contributed by atoms with Crippen molar-refractivity contribution in [2.75, 3.05) is 12.8 Å². The lowest BCUT2D eigenvalue weighted by Crippen LogP contribution is -2.01. The zero-order valence-electron chi connectivity index (χ0n) is 10.9. The molecule has 0 heterocycles. The highest BCUT2D eigenvalue weighted by atomic mass is 79.9. The molecule has 0 saturated heterocycles. The maximum atomic E-state index is 5.88. The van der Waals surface area contributed by atoms with Gasteiger partial charge in [-0.3, -0.25) is 0 Å². The van der Waals surface area contributed by atoms with E-state index in [9.17, 15) is 0 Å². The van der Waals surface area contributed by atoms with E-state index in [1.807, 2.05) is 43.3 Å². The lowest BCUT2D eigenvalue weighted by molar-refractivity contribution is 0.302. The highest BCUT2D eigenvalue weighted by Crippen LogP contribution is 2.30. The normalized spacial score (nSPS) is 10.3. The summed E-state index contributed by atoms with van der Waals surface area (Å²) in [5.74, 6) is 1.57. The summed E-state index contributed by atoms with van der Waals surface area (Å²) in [7, 11) is 1.64. The average Bonchev–Trinajstić information content (AvgIpc) is 2.41. The Morgan fingerprint density at radius 1 is 1.21 bits per heavy atom. The fourth-order valence-corrected chi connectivity index (χ4v) is 2.21. The smallest absolute Gasteiger partial charge is 0.134 e. The van der Waals surface area contributed by atoms with Gasteiger partial charge in [-0.25, -0.2) is 0 Å². The SMILES string of the molecule is COc1ccc(OCc2cccc(N)c2C)c(Br)c1. The van der Waals surface area contributed by atoms with Crippen molar-refractivity contribution in [2.45, 2.75) is 13.5 Å². The first-order valence-corrected chi connectivity index (χ1v) is 6.71. The third-order valence-corrected chi connectivity index (χ3v) is 3.63. The number of nitrogen functional groups attached to an aromatic ring is 1. The van der Waals surface area contributed by atoms with Crippen LogP contribution < -0.4 is 15.2 Å². The van der Waals surface area contributed by atoms with Crippen LogP contribution in [0.15, 0.2) is 40.9 Å². The Hall–Kier alpha value is -1.68. The molecule has 19 heavy (non-hydrogen) atoms. The number of nitrogens with two attached hydrogens (primary N) is 1. The van der Waals surface area contributed by atoms with Gasteiger partial charge in [0, 0.05) is 5.69 Å². The summed E-state index contributed by atoms with van der Waals surface area (Å²) in [6, 6.07) is 11.5. The van der Waals surface area contributed by atoms with E-state index in [1.165, 1.54) is 0 Å². The van der Waals surface area contributed by atoms with Crippen molar-refractivity contribution in [2.24, 2.45) is 0 Å². The first-order valence-electron chi connectivity index (χ1n) is 5.92. The van der Waals surface area contributed by atoms with Crippen molar-refractivity contribution >= 4 is 21.6 Å². The monoisotopic (exact) mass is 321 g/mol. The van der Waals surface area contributed by atoms with Gasteiger partial charge in [-0.15, -0.1) is 0 Å². The van der Waals surface area contributed by atoms with Crippen LogP contribution in [0.2, 0.25) is 0 Å². The molecule has 0 aliphatic carbocycles. The van der Waals surface area contributed by atoms with Crippen LogP contribution in [0.25, 0.3) is 0 Å². The number of methoxy groups -OCH3 is 1. The Labute approximate surface area is 121 Å². The molecule has 2 N–H and O–H groups in total. The second-order valence-electron chi connectivity index (χ2n) is 4.22. The minimum atomic E-state index is 0.488. The first-order chi connectivity index (χ1) is 9.11. The third-order valence-electron chi connectivity index (χ3n) is 3.01. The predicted molar refractivity (Wildman–Crippen MR) is 80.6 cm³/mol. The standard InChI is InChI=1S/C15H16BrNO2/c1-10-11(4-3-5-14(10)17)9-19-15-7-6-12(18-2)8-13(15)16/h3-8H,9,17H2,1-2H3. The second-order valence-corrected chi connectivity index (χ2v) is 5.07. The zero-order chi connectivity index (χ0) is 13.8. The number of anilines is 1. The summed E-state index contributed by atoms with van der Waals surface area (Å²) in [6.45, 7) is 2.49.